The Morgan fingerprint density at radius 3 is 1.85 bits per heavy atom. The largest absolute Gasteiger partial charge is 0.741 e. The third-order valence-electron chi connectivity index (χ3n) is 6.03. The van der Waals surface area contributed by atoms with E-state index in [1.807, 2.05) is 0 Å². The number of benzene rings is 1. The van der Waals surface area contributed by atoms with Gasteiger partial charge in [-0.2, -0.15) is 13.2 Å². The van der Waals surface area contributed by atoms with E-state index in [2.05, 4.69) is 21.3 Å². The van der Waals surface area contributed by atoms with Crippen molar-refractivity contribution in [2.24, 2.45) is 11.7 Å². The van der Waals surface area contributed by atoms with Crippen LogP contribution >= 0.6 is 0 Å². The van der Waals surface area contributed by atoms with Gasteiger partial charge < -0.3 is 41.8 Å². The first-order chi connectivity index (χ1) is 21.6. The molecule has 8 N–H and O–H groups in total. The topological polar surface area (TPSA) is 300 Å². The van der Waals surface area contributed by atoms with Gasteiger partial charge in [0.2, 0.25) is 23.6 Å². The summed E-state index contributed by atoms with van der Waals surface area (Å²) < 4.78 is 59.1. The summed E-state index contributed by atoms with van der Waals surface area (Å²) in [5.74, 6) is -5.07. The minimum absolute atomic E-state index is 0.234. The number of carbonyl (C=O) groups is 5. The monoisotopic (exact) mass is 717 g/mol. The van der Waals surface area contributed by atoms with Crippen LogP contribution in [0.3, 0.4) is 0 Å². The summed E-state index contributed by atoms with van der Waals surface area (Å²) in [6.45, 7) is 2.99. The molecule has 5 amide bonds. The molecule has 0 aliphatic rings. The van der Waals surface area contributed by atoms with E-state index in [4.69, 9.17) is 18.7 Å². The molecule has 0 aliphatic carbocycles. The van der Waals surface area contributed by atoms with Crippen LogP contribution in [0.15, 0.2) is 18.2 Å². The Morgan fingerprint density at radius 2 is 1.48 bits per heavy atom. The van der Waals surface area contributed by atoms with Crippen molar-refractivity contribution in [2.45, 2.75) is 50.5 Å². The molecule has 4 atom stereocenters. The summed E-state index contributed by atoms with van der Waals surface area (Å²) >= 11 is 0. The Kier molecular flexibility index (Phi) is 16.0. The van der Waals surface area contributed by atoms with Crippen LogP contribution in [0, 0.1) is 16.0 Å². The molecule has 0 saturated heterocycles. The lowest BCUT2D eigenvalue weighted by Crippen LogP contribution is -2.61. The van der Waals surface area contributed by atoms with Gasteiger partial charge in [0.05, 0.1) is 51.4 Å². The van der Waals surface area contributed by atoms with Crippen LogP contribution in [-0.2, 0) is 29.3 Å². The number of nitrogens with zero attached hydrogens (tertiary/aromatic N) is 2. The van der Waals surface area contributed by atoms with Gasteiger partial charge in [0.1, 0.15) is 29.4 Å². The molecule has 1 aromatic rings. The first-order valence-electron chi connectivity index (χ1n) is 13.5. The zero-order valence-electron chi connectivity index (χ0n) is 26.5. The number of aliphatic hydroxyl groups is 2. The molecular weight excluding hydrogens is 679 g/mol. The average Bonchev–Trinajstić information content (AvgIpc) is 2.93. The van der Waals surface area contributed by atoms with Gasteiger partial charge in [-0.1, -0.05) is 13.8 Å². The minimum Gasteiger partial charge on any atom is -0.741 e. The van der Waals surface area contributed by atoms with Crippen molar-refractivity contribution in [3.8, 4) is 0 Å². The van der Waals surface area contributed by atoms with Crippen LogP contribution < -0.4 is 31.5 Å². The predicted octanol–water partition coefficient (Wildman–Crippen LogP) is -2.46. The number of halogens is 3. The molecule has 23 heteroatoms. The summed E-state index contributed by atoms with van der Waals surface area (Å²) in [5, 5.41) is 40.5. The second-order valence-electron chi connectivity index (χ2n) is 11.2. The normalized spacial score (nSPS) is 14.3. The van der Waals surface area contributed by atoms with E-state index in [0.29, 0.717) is 5.69 Å². The van der Waals surface area contributed by atoms with E-state index in [1.54, 1.807) is 35.0 Å². The second kappa shape index (κ2) is 17.6. The number of hydrogen-bond acceptors (Lipinski definition) is 12. The molecule has 19 nitrogen and oxygen atoms in total. The number of nitrogens with one attached hydrogen (secondary N) is 4. The van der Waals surface area contributed by atoms with Crippen molar-refractivity contribution in [3.05, 3.63) is 33.9 Å². The maximum Gasteiger partial charge on any atom is 0.485 e. The molecule has 0 aromatic heterocycles. The highest BCUT2D eigenvalue weighted by molar-refractivity contribution is 7.86. The van der Waals surface area contributed by atoms with Gasteiger partial charge in [0, 0.05) is 6.07 Å². The first-order valence-corrected chi connectivity index (χ1v) is 15.0. The molecule has 0 bridgehead atoms. The molecule has 0 spiro atoms. The van der Waals surface area contributed by atoms with Crippen molar-refractivity contribution in [2.75, 3.05) is 34.3 Å². The number of primary amides is 1. The molecule has 0 aliphatic heterocycles. The molecule has 272 valence electrons. The number of amides is 5. The predicted molar refractivity (Wildman–Crippen MR) is 159 cm³/mol. The maximum atomic E-state index is 12.9. The highest BCUT2D eigenvalue weighted by atomic mass is 32.2. The number of quaternary nitrogens is 1. The Balaban J connectivity index is 0.00000243. The van der Waals surface area contributed by atoms with Gasteiger partial charge in [-0.25, -0.2) is 8.42 Å². The SMILES string of the molecule is CC(C)[C@H](NC(=O)[C@@H](NC(=O)[C@H](CO)NC(=O)c1ccc([N+](C)(C)C)cc1[N+](=O)[O-])[C@@H](C)O)C(=O)NCC(N)=O.O=S(=O)([O-])C(F)(F)F. The molecular formula is C25H38F3N7O12S. The second-order valence-corrected chi connectivity index (χ2v) is 12.6. The lowest BCUT2D eigenvalue weighted by atomic mass is 10.0. The van der Waals surface area contributed by atoms with Crippen LogP contribution in [0.2, 0.25) is 0 Å². The van der Waals surface area contributed by atoms with Gasteiger partial charge in [0.25, 0.3) is 11.6 Å². The Morgan fingerprint density at radius 1 is 0.979 bits per heavy atom. The Hall–Kier alpha value is -4.45. The smallest absolute Gasteiger partial charge is 0.485 e. The number of nitro groups is 1. The van der Waals surface area contributed by atoms with E-state index < -0.39 is 99.1 Å². The van der Waals surface area contributed by atoms with Gasteiger partial charge in [-0.05, 0) is 18.9 Å². The zero-order chi connectivity index (χ0) is 37.9. The fourth-order valence-electron chi connectivity index (χ4n) is 3.43. The minimum atomic E-state index is -6.09. The van der Waals surface area contributed by atoms with Gasteiger partial charge >= 0.3 is 5.51 Å². The van der Waals surface area contributed by atoms with E-state index >= 15 is 0 Å². The van der Waals surface area contributed by atoms with E-state index in [9.17, 15) is 57.5 Å². The van der Waals surface area contributed by atoms with E-state index in [1.165, 1.54) is 25.1 Å². The van der Waals surface area contributed by atoms with E-state index in [0.717, 1.165) is 0 Å². The van der Waals surface area contributed by atoms with Crippen LogP contribution in [0.5, 0.6) is 0 Å². The van der Waals surface area contributed by atoms with Crippen molar-refractivity contribution in [3.63, 3.8) is 0 Å². The summed E-state index contributed by atoms with van der Waals surface area (Å²) in [7, 11) is -0.767. The zero-order valence-corrected chi connectivity index (χ0v) is 27.3. The fourth-order valence-corrected chi connectivity index (χ4v) is 3.43. The maximum absolute atomic E-state index is 12.9. The van der Waals surface area contributed by atoms with Crippen LogP contribution in [-0.4, -0.2) is 122 Å². The molecule has 0 radical (unpaired) electrons. The number of aliphatic hydroxyl groups excluding tert-OH is 2. The van der Waals surface area contributed by atoms with Crippen LogP contribution in [0.1, 0.15) is 31.1 Å². The third kappa shape index (κ3) is 13.7. The lowest BCUT2D eigenvalue weighted by molar-refractivity contribution is -0.385. The number of hydrogen-bond donors (Lipinski definition) is 7. The number of carbonyl (C=O) groups excluding carboxylic acids is 5. The van der Waals surface area contributed by atoms with Crippen molar-refractivity contribution >= 4 is 51.0 Å². The summed E-state index contributed by atoms with van der Waals surface area (Å²) in [6.07, 6.45) is -1.48. The number of alkyl halides is 3. The average molecular weight is 718 g/mol. The first kappa shape index (κ1) is 43.5. The molecule has 1 aromatic carbocycles. The number of nitro benzene ring substituents is 1. The van der Waals surface area contributed by atoms with Crippen molar-refractivity contribution < 1.29 is 65.3 Å². The van der Waals surface area contributed by atoms with Crippen LogP contribution in [0.4, 0.5) is 24.5 Å². The fraction of sp³-hybridized carbons (Fsp3) is 0.560. The van der Waals surface area contributed by atoms with Crippen LogP contribution in [0.25, 0.3) is 0 Å². The Labute approximate surface area is 272 Å². The van der Waals surface area contributed by atoms with Gasteiger partial charge in [0.15, 0.2) is 10.1 Å². The molecule has 48 heavy (non-hydrogen) atoms. The molecule has 0 saturated carbocycles. The highest BCUT2D eigenvalue weighted by Crippen LogP contribution is 2.27. The number of nitrogens with two attached hydrogens (primary N) is 1. The molecule has 0 unspecified atom stereocenters. The lowest BCUT2D eigenvalue weighted by Gasteiger charge is -2.27. The highest BCUT2D eigenvalue weighted by Gasteiger charge is 2.37. The summed E-state index contributed by atoms with van der Waals surface area (Å²) in [6, 6.07) is -0.481. The van der Waals surface area contributed by atoms with Crippen molar-refractivity contribution in [1.29, 1.82) is 0 Å². The molecule has 0 fully saturated rings. The number of rotatable bonds is 14. The molecule has 0 heterocycles. The van der Waals surface area contributed by atoms with Gasteiger partial charge in [-0.15, -0.1) is 0 Å². The third-order valence-corrected chi connectivity index (χ3v) is 6.60. The van der Waals surface area contributed by atoms with E-state index in [-0.39, 0.29) is 10.0 Å². The van der Waals surface area contributed by atoms with Gasteiger partial charge in [-0.3, -0.25) is 38.6 Å². The quantitative estimate of drug-likeness (QED) is 0.0347. The standard InChI is InChI=1S/C24H37N7O9.CHF3O3S/c1-12(2)19(23(37)26-10-18(25)34)28-24(38)20(13(3)33)29-22(36)16(11-32)27-21(35)15-8-7-14(31(4,5)6)9-17(15)30(39)40;2-1(3,4)8(5,6)7/h7-9,12-13,16,19-20,32-33H,10-11H2,1-6H3,(H5-,25,26,27,28,29,34,35,36,37,38);(H,5,6,7)/t13-,16+,19+,20+;/m1./s1. The van der Waals surface area contributed by atoms with Crippen molar-refractivity contribution in [1.82, 2.24) is 25.8 Å². The molecule has 1 rings (SSSR count). The summed E-state index contributed by atoms with van der Waals surface area (Å²) in [5.41, 5.74) is -0.974. The summed E-state index contributed by atoms with van der Waals surface area (Å²) in [4.78, 5) is 72.8. The Bertz CT molecular complexity index is 1470.